The molecule has 1 heterocycles. The van der Waals surface area contributed by atoms with Crippen molar-refractivity contribution in [3.63, 3.8) is 0 Å². The Kier molecular flexibility index (Phi) is 3.76. The summed E-state index contributed by atoms with van der Waals surface area (Å²) < 4.78 is 6.80. The molecule has 0 saturated carbocycles. The van der Waals surface area contributed by atoms with E-state index in [1.165, 1.54) is 5.56 Å². The highest BCUT2D eigenvalue weighted by atomic mass is 79.9. The van der Waals surface area contributed by atoms with E-state index in [9.17, 15) is 0 Å². The van der Waals surface area contributed by atoms with Crippen molar-refractivity contribution in [2.75, 3.05) is 6.61 Å². The van der Waals surface area contributed by atoms with Crippen molar-refractivity contribution in [1.29, 1.82) is 0 Å². The van der Waals surface area contributed by atoms with Crippen LogP contribution in [0.25, 0.3) is 0 Å². The molecule has 3 rings (SSSR count). The number of rotatable bonds is 2. The van der Waals surface area contributed by atoms with Gasteiger partial charge >= 0.3 is 0 Å². The zero-order valence-electron chi connectivity index (χ0n) is 11.1. The van der Waals surface area contributed by atoms with E-state index < -0.39 is 0 Å². The smallest absolute Gasteiger partial charge is 0.127 e. The Morgan fingerprint density at radius 2 is 2.05 bits per heavy atom. The van der Waals surface area contributed by atoms with Crippen molar-refractivity contribution in [3.8, 4) is 5.75 Å². The van der Waals surface area contributed by atoms with Gasteiger partial charge in [0.15, 0.2) is 0 Å². The van der Waals surface area contributed by atoms with Crippen LogP contribution in [-0.4, -0.2) is 6.61 Å². The number of halogens is 2. The van der Waals surface area contributed by atoms with Crippen molar-refractivity contribution >= 4 is 27.5 Å². The first-order valence-corrected chi connectivity index (χ1v) is 7.70. The first-order chi connectivity index (χ1) is 9.56. The first-order valence-electron chi connectivity index (χ1n) is 6.53. The van der Waals surface area contributed by atoms with Gasteiger partial charge in [-0.05, 0) is 47.9 Å². The van der Waals surface area contributed by atoms with Gasteiger partial charge < -0.3 is 10.5 Å². The van der Waals surface area contributed by atoms with E-state index in [2.05, 4.69) is 22.0 Å². The third-order valence-corrected chi connectivity index (χ3v) is 4.37. The molecule has 2 N–H and O–H groups in total. The van der Waals surface area contributed by atoms with Crippen LogP contribution in [0.5, 0.6) is 5.75 Å². The van der Waals surface area contributed by atoms with Crippen LogP contribution in [0.15, 0.2) is 34.8 Å². The van der Waals surface area contributed by atoms with Crippen LogP contribution in [0.4, 0.5) is 0 Å². The third kappa shape index (κ3) is 2.46. The number of hydrogen-bond donors (Lipinski definition) is 1. The summed E-state index contributed by atoms with van der Waals surface area (Å²) in [7, 11) is 0. The highest BCUT2D eigenvalue weighted by Gasteiger charge is 2.23. The number of fused-ring (bicyclic) bond motifs is 1. The van der Waals surface area contributed by atoms with Crippen molar-refractivity contribution in [1.82, 2.24) is 0 Å². The van der Waals surface area contributed by atoms with E-state index in [0.717, 1.165) is 45.0 Å². The first kappa shape index (κ1) is 13.9. The molecule has 0 aliphatic carbocycles. The maximum atomic E-state index is 6.47. The van der Waals surface area contributed by atoms with Gasteiger partial charge in [0.25, 0.3) is 0 Å². The summed E-state index contributed by atoms with van der Waals surface area (Å²) in [5.41, 5.74) is 10.9. The van der Waals surface area contributed by atoms with Gasteiger partial charge in [0.2, 0.25) is 0 Å². The SMILES string of the molecule is Cc1cc(Cl)ccc1C(N)c1cc(Br)cc2c1OCC2. The van der Waals surface area contributed by atoms with Gasteiger partial charge in [-0.3, -0.25) is 0 Å². The van der Waals surface area contributed by atoms with Crippen LogP contribution in [0.2, 0.25) is 5.02 Å². The van der Waals surface area contributed by atoms with Crippen LogP contribution in [0.1, 0.15) is 28.3 Å². The van der Waals surface area contributed by atoms with E-state index in [-0.39, 0.29) is 6.04 Å². The lowest BCUT2D eigenvalue weighted by atomic mass is 9.94. The molecule has 4 heteroatoms. The third-order valence-electron chi connectivity index (χ3n) is 3.68. The second kappa shape index (κ2) is 5.40. The number of nitrogens with two attached hydrogens (primary N) is 1. The van der Waals surface area contributed by atoms with Gasteiger partial charge in [-0.15, -0.1) is 0 Å². The number of benzene rings is 2. The second-order valence-corrected chi connectivity index (χ2v) is 6.41. The number of aryl methyl sites for hydroxylation is 1. The molecule has 20 heavy (non-hydrogen) atoms. The molecule has 1 unspecified atom stereocenters. The summed E-state index contributed by atoms with van der Waals surface area (Å²) in [4.78, 5) is 0. The quantitative estimate of drug-likeness (QED) is 0.870. The fraction of sp³-hybridized carbons (Fsp3) is 0.250. The number of hydrogen-bond acceptors (Lipinski definition) is 2. The molecule has 104 valence electrons. The van der Waals surface area contributed by atoms with Gasteiger partial charge in [-0.2, -0.15) is 0 Å². The topological polar surface area (TPSA) is 35.2 Å². The van der Waals surface area contributed by atoms with Crippen molar-refractivity contribution < 1.29 is 4.74 Å². The van der Waals surface area contributed by atoms with Gasteiger partial charge in [0.1, 0.15) is 5.75 Å². The van der Waals surface area contributed by atoms with E-state index >= 15 is 0 Å². The summed E-state index contributed by atoms with van der Waals surface area (Å²) in [6.45, 7) is 2.76. The van der Waals surface area contributed by atoms with Gasteiger partial charge in [-0.25, -0.2) is 0 Å². The van der Waals surface area contributed by atoms with Crippen LogP contribution < -0.4 is 10.5 Å². The molecule has 2 aromatic rings. The Labute approximate surface area is 132 Å². The molecule has 2 nitrogen and oxygen atoms in total. The molecule has 1 aliphatic heterocycles. The van der Waals surface area contributed by atoms with E-state index in [4.69, 9.17) is 22.1 Å². The van der Waals surface area contributed by atoms with Crippen LogP contribution in [0.3, 0.4) is 0 Å². The van der Waals surface area contributed by atoms with Crippen molar-refractivity contribution in [2.45, 2.75) is 19.4 Å². The van der Waals surface area contributed by atoms with E-state index in [1.54, 1.807) is 0 Å². The maximum absolute atomic E-state index is 6.47. The van der Waals surface area contributed by atoms with Crippen LogP contribution in [-0.2, 0) is 6.42 Å². The summed E-state index contributed by atoms with van der Waals surface area (Å²) in [5, 5.41) is 0.731. The molecule has 1 atom stereocenters. The molecule has 0 aromatic heterocycles. The molecule has 1 aliphatic rings. The van der Waals surface area contributed by atoms with Gasteiger partial charge in [0, 0.05) is 21.5 Å². The Morgan fingerprint density at radius 1 is 1.25 bits per heavy atom. The Bertz CT molecular complexity index is 672. The summed E-state index contributed by atoms with van der Waals surface area (Å²) >= 11 is 9.57. The van der Waals surface area contributed by atoms with Gasteiger partial charge in [-0.1, -0.05) is 33.6 Å². The lowest BCUT2D eigenvalue weighted by Crippen LogP contribution is -2.14. The summed E-state index contributed by atoms with van der Waals surface area (Å²) in [6.07, 6.45) is 0.939. The summed E-state index contributed by atoms with van der Waals surface area (Å²) in [6, 6.07) is 9.75. The fourth-order valence-electron chi connectivity index (χ4n) is 2.68. The molecule has 0 amide bonds. The minimum absolute atomic E-state index is 0.211. The monoisotopic (exact) mass is 351 g/mol. The van der Waals surface area contributed by atoms with E-state index in [0.29, 0.717) is 0 Å². The maximum Gasteiger partial charge on any atom is 0.127 e. The lowest BCUT2D eigenvalue weighted by molar-refractivity contribution is 0.352. The highest BCUT2D eigenvalue weighted by molar-refractivity contribution is 9.10. The zero-order chi connectivity index (χ0) is 14.3. The van der Waals surface area contributed by atoms with Gasteiger partial charge in [0.05, 0.1) is 12.6 Å². The number of ether oxygens (including phenoxy) is 1. The second-order valence-electron chi connectivity index (χ2n) is 5.06. The average molecular weight is 353 g/mol. The zero-order valence-corrected chi connectivity index (χ0v) is 13.5. The van der Waals surface area contributed by atoms with E-state index in [1.807, 2.05) is 31.2 Å². The molecule has 0 saturated heterocycles. The minimum Gasteiger partial charge on any atom is -0.493 e. The molecule has 0 spiro atoms. The predicted octanol–water partition coefficient (Wildman–Crippen LogP) is 4.39. The molecular weight excluding hydrogens is 338 g/mol. The molecule has 0 bridgehead atoms. The normalized spacial score (nSPS) is 14.8. The molecular formula is C16H15BrClNO. The highest BCUT2D eigenvalue weighted by Crippen LogP contribution is 2.38. The molecule has 0 radical (unpaired) electrons. The lowest BCUT2D eigenvalue weighted by Gasteiger charge is -2.18. The Morgan fingerprint density at radius 3 is 2.80 bits per heavy atom. The minimum atomic E-state index is -0.211. The molecule has 2 aromatic carbocycles. The largest absolute Gasteiger partial charge is 0.493 e. The average Bonchev–Trinajstić information content (AvgIpc) is 2.85. The van der Waals surface area contributed by atoms with Crippen LogP contribution >= 0.6 is 27.5 Å². The van der Waals surface area contributed by atoms with Crippen molar-refractivity contribution in [3.05, 3.63) is 62.1 Å². The predicted molar refractivity (Wildman–Crippen MR) is 85.6 cm³/mol. The Balaban J connectivity index is 2.09. The standard InChI is InChI=1S/C16H15BrClNO/c1-9-6-12(18)2-3-13(9)15(19)14-8-11(17)7-10-4-5-20-16(10)14/h2-3,6-8,15H,4-5,19H2,1H3. The van der Waals surface area contributed by atoms with Crippen molar-refractivity contribution in [2.24, 2.45) is 5.73 Å². The summed E-state index contributed by atoms with van der Waals surface area (Å²) in [5.74, 6) is 0.940. The van der Waals surface area contributed by atoms with Crippen LogP contribution in [0, 0.1) is 6.92 Å². The molecule has 0 fully saturated rings. The Hall–Kier alpha value is -1.03. The fourth-order valence-corrected chi connectivity index (χ4v) is 3.43.